The van der Waals surface area contributed by atoms with E-state index in [1.807, 2.05) is 44.2 Å². The van der Waals surface area contributed by atoms with E-state index in [9.17, 15) is 9.59 Å². The average molecular weight is 327 g/mol. The number of benzene rings is 1. The van der Waals surface area contributed by atoms with Gasteiger partial charge in [0.25, 0.3) is 0 Å². The molecule has 1 N–H and O–H groups in total. The van der Waals surface area contributed by atoms with Gasteiger partial charge in [-0.2, -0.15) is 0 Å². The van der Waals surface area contributed by atoms with Gasteiger partial charge in [0.1, 0.15) is 5.76 Å². The highest BCUT2D eigenvalue weighted by molar-refractivity contribution is 5.82. The van der Waals surface area contributed by atoms with E-state index in [0.29, 0.717) is 18.8 Å². The molecule has 1 atom stereocenters. The Morgan fingerprint density at radius 2 is 2.08 bits per heavy atom. The molecule has 2 amide bonds. The smallest absolute Gasteiger partial charge is 0.227 e. The third kappa shape index (κ3) is 3.32. The SMILES string of the molecule is Cc1noc(C)c1CC(=O)N1CCNC(=O)C[C@H]1c1ccccc1. The van der Waals surface area contributed by atoms with Crippen molar-refractivity contribution in [1.82, 2.24) is 15.4 Å². The Kier molecular flexibility index (Phi) is 4.64. The van der Waals surface area contributed by atoms with Gasteiger partial charge in [-0.3, -0.25) is 9.59 Å². The maximum absolute atomic E-state index is 12.9. The van der Waals surface area contributed by atoms with E-state index in [-0.39, 0.29) is 30.7 Å². The molecule has 126 valence electrons. The fraction of sp³-hybridized carbons (Fsp3) is 0.389. The largest absolute Gasteiger partial charge is 0.361 e. The molecule has 3 rings (SSSR count). The lowest BCUT2D eigenvalue weighted by Crippen LogP contribution is -2.37. The minimum absolute atomic E-state index is 0.0187. The van der Waals surface area contributed by atoms with Gasteiger partial charge in [0.15, 0.2) is 0 Å². The molecule has 1 fully saturated rings. The molecule has 0 radical (unpaired) electrons. The van der Waals surface area contributed by atoms with E-state index >= 15 is 0 Å². The average Bonchev–Trinajstić information content (AvgIpc) is 2.79. The van der Waals surface area contributed by atoms with Gasteiger partial charge in [-0.25, -0.2) is 0 Å². The number of amides is 2. The number of hydrogen-bond donors (Lipinski definition) is 1. The van der Waals surface area contributed by atoms with Crippen molar-refractivity contribution in [2.45, 2.75) is 32.7 Å². The van der Waals surface area contributed by atoms with E-state index in [2.05, 4.69) is 10.5 Å². The van der Waals surface area contributed by atoms with Crippen molar-refractivity contribution >= 4 is 11.8 Å². The maximum atomic E-state index is 12.9. The van der Waals surface area contributed by atoms with Crippen molar-refractivity contribution in [2.75, 3.05) is 13.1 Å². The molecule has 24 heavy (non-hydrogen) atoms. The second-order valence-corrected chi connectivity index (χ2v) is 6.05. The molecule has 0 saturated carbocycles. The molecule has 1 aromatic carbocycles. The highest BCUT2D eigenvalue weighted by Crippen LogP contribution is 2.27. The van der Waals surface area contributed by atoms with Crippen LogP contribution >= 0.6 is 0 Å². The third-order valence-corrected chi connectivity index (χ3v) is 4.44. The Morgan fingerprint density at radius 3 is 2.75 bits per heavy atom. The number of carbonyl (C=O) groups is 2. The number of aryl methyl sites for hydroxylation is 2. The van der Waals surface area contributed by atoms with Crippen molar-refractivity contribution in [3.05, 3.63) is 52.9 Å². The van der Waals surface area contributed by atoms with E-state index in [1.54, 1.807) is 4.90 Å². The highest BCUT2D eigenvalue weighted by atomic mass is 16.5. The van der Waals surface area contributed by atoms with Crippen molar-refractivity contribution in [2.24, 2.45) is 0 Å². The van der Waals surface area contributed by atoms with E-state index in [1.165, 1.54) is 0 Å². The molecule has 6 nitrogen and oxygen atoms in total. The lowest BCUT2D eigenvalue weighted by molar-refractivity contribution is -0.133. The fourth-order valence-corrected chi connectivity index (χ4v) is 3.11. The summed E-state index contributed by atoms with van der Waals surface area (Å²) in [6, 6.07) is 9.45. The van der Waals surface area contributed by atoms with E-state index < -0.39 is 0 Å². The van der Waals surface area contributed by atoms with Gasteiger partial charge >= 0.3 is 0 Å². The molecule has 0 bridgehead atoms. The van der Waals surface area contributed by atoms with Crippen LogP contribution in [0.3, 0.4) is 0 Å². The number of nitrogens with one attached hydrogen (secondary N) is 1. The first-order chi connectivity index (χ1) is 11.6. The second kappa shape index (κ2) is 6.86. The lowest BCUT2D eigenvalue weighted by atomic mass is 10.0. The summed E-state index contributed by atoms with van der Waals surface area (Å²) in [7, 11) is 0. The van der Waals surface area contributed by atoms with Crippen molar-refractivity contribution in [1.29, 1.82) is 0 Å². The Hall–Kier alpha value is -2.63. The molecule has 2 aromatic rings. The molecule has 0 spiro atoms. The van der Waals surface area contributed by atoms with Crippen LogP contribution in [0, 0.1) is 13.8 Å². The summed E-state index contributed by atoms with van der Waals surface area (Å²) in [5, 5.41) is 6.76. The summed E-state index contributed by atoms with van der Waals surface area (Å²) in [4.78, 5) is 26.7. The van der Waals surface area contributed by atoms with Crippen LogP contribution in [0.2, 0.25) is 0 Å². The van der Waals surface area contributed by atoms with Crippen LogP contribution in [0.4, 0.5) is 0 Å². The van der Waals surface area contributed by atoms with E-state index in [0.717, 1.165) is 16.8 Å². The summed E-state index contributed by atoms with van der Waals surface area (Å²) in [6.07, 6.45) is 0.510. The summed E-state index contributed by atoms with van der Waals surface area (Å²) >= 11 is 0. The first-order valence-electron chi connectivity index (χ1n) is 8.09. The molecule has 2 heterocycles. The molecule has 1 aromatic heterocycles. The van der Waals surface area contributed by atoms with Crippen LogP contribution < -0.4 is 5.32 Å². The quantitative estimate of drug-likeness (QED) is 0.934. The summed E-state index contributed by atoms with van der Waals surface area (Å²) in [5.41, 5.74) is 2.54. The van der Waals surface area contributed by atoms with Gasteiger partial charge in [0.2, 0.25) is 11.8 Å². The molecule has 6 heteroatoms. The zero-order valence-corrected chi connectivity index (χ0v) is 13.9. The van der Waals surface area contributed by atoms with Crippen molar-refractivity contribution in [3.8, 4) is 0 Å². The number of rotatable bonds is 3. The van der Waals surface area contributed by atoms with Gasteiger partial charge in [0.05, 0.1) is 24.6 Å². The van der Waals surface area contributed by atoms with E-state index in [4.69, 9.17) is 4.52 Å². The minimum Gasteiger partial charge on any atom is -0.361 e. The zero-order valence-electron chi connectivity index (χ0n) is 13.9. The minimum atomic E-state index is -0.248. The monoisotopic (exact) mass is 327 g/mol. The Balaban J connectivity index is 1.87. The first-order valence-corrected chi connectivity index (χ1v) is 8.09. The van der Waals surface area contributed by atoms with Gasteiger partial charge in [-0.1, -0.05) is 35.5 Å². The predicted octanol–water partition coefficient (Wildman–Crippen LogP) is 1.92. The van der Waals surface area contributed by atoms with Gasteiger partial charge in [0, 0.05) is 18.7 Å². The van der Waals surface area contributed by atoms with Crippen molar-refractivity contribution < 1.29 is 14.1 Å². The standard InChI is InChI=1S/C18H21N3O3/c1-12-15(13(2)24-20-12)10-18(23)21-9-8-19-17(22)11-16(21)14-6-4-3-5-7-14/h3-7,16H,8-11H2,1-2H3,(H,19,22)/t16-/m0/s1. The van der Waals surface area contributed by atoms with Gasteiger partial charge < -0.3 is 14.7 Å². The number of nitrogens with zero attached hydrogens (tertiary/aromatic N) is 2. The Morgan fingerprint density at radius 1 is 1.33 bits per heavy atom. The van der Waals surface area contributed by atoms with Gasteiger partial charge in [-0.15, -0.1) is 0 Å². The van der Waals surface area contributed by atoms with Crippen LogP contribution in [0.25, 0.3) is 0 Å². The van der Waals surface area contributed by atoms with Crippen LogP contribution in [0.15, 0.2) is 34.9 Å². The summed E-state index contributed by atoms with van der Waals surface area (Å²) < 4.78 is 5.15. The topological polar surface area (TPSA) is 75.4 Å². The molecule has 0 unspecified atom stereocenters. The Labute approximate surface area is 140 Å². The normalized spacial score (nSPS) is 18.2. The number of hydrogen-bond acceptors (Lipinski definition) is 4. The highest BCUT2D eigenvalue weighted by Gasteiger charge is 2.30. The summed E-state index contributed by atoms with van der Waals surface area (Å²) in [6.45, 7) is 4.61. The fourth-order valence-electron chi connectivity index (χ4n) is 3.11. The molecule has 1 saturated heterocycles. The molecular formula is C18H21N3O3. The van der Waals surface area contributed by atoms with Crippen LogP contribution in [-0.4, -0.2) is 35.0 Å². The predicted molar refractivity (Wildman–Crippen MR) is 88.2 cm³/mol. The summed E-state index contributed by atoms with van der Waals surface area (Å²) in [5.74, 6) is 0.618. The lowest BCUT2D eigenvalue weighted by Gasteiger charge is -2.29. The van der Waals surface area contributed by atoms with Gasteiger partial charge in [-0.05, 0) is 19.4 Å². The number of aromatic nitrogens is 1. The number of carbonyl (C=O) groups excluding carboxylic acids is 2. The first kappa shape index (κ1) is 16.2. The molecule has 1 aliphatic heterocycles. The zero-order chi connectivity index (χ0) is 17.1. The molecule has 0 aliphatic carbocycles. The third-order valence-electron chi connectivity index (χ3n) is 4.44. The van der Waals surface area contributed by atoms with Crippen LogP contribution in [-0.2, 0) is 16.0 Å². The van der Waals surface area contributed by atoms with Crippen LogP contribution in [0.5, 0.6) is 0 Å². The molecule has 1 aliphatic rings. The molecular weight excluding hydrogens is 306 g/mol. The maximum Gasteiger partial charge on any atom is 0.227 e. The van der Waals surface area contributed by atoms with Crippen molar-refractivity contribution in [3.63, 3.8) is 0 Å². The second-order valence-electron chi connectivity index (χ2n) is 6.05. The van der Waals surface area contributed by atoms with Crippen LogP contribution in [0.1, 0.15) is 35.0 Å². The Bertz CT molecular complexity index is 720.